The van der Waals surface area contributed by atoms with Gasteiger partial charge in [0.2, 0.25) is 11.8 Å². The fraction of sp³-hybridized carbons (Fsp3) is 0.192. The lowest BCUT2D eigenvalue weighted by atomic mass is 10.0. The van der Waals surface area contributed by atoms with Gasteiger partial charge in [-0.05, 0) is 54.4 Å². The van der Waals surface area contributed by atoms with Crippen LogP contribution in [-0.4, -0.2) is 29.9 Å². The number of anilines is 1. The first kappa shape index (κ1) is 22.5. The second-order valence-corrected chi connectivity index (χ2v) is 8.95. The van der Waals surface area contributed by atoms with E-state index in [0.717, 1.165) is 38.2 Å². The van der Waals surface area contributed by atoms with Crippen molar-refractivity contribution in [1.29, 1.82) is 0 Å². The molecule has 0 bridgehead atoms. The molecule has 7 heteroatoms. The predicted octanol–water partition coefficient (Wildman–Crippen LogP) is 4.97. The number of aromatic nitrogens is 1. The molecule has 0 fully saturated rings. The van der Waals surface area contributed by atoms with Gasteiger partial charge in [0.25, 0.3) is 0 Å². The van der Waals surface area contributed by atoms with Gasteiger partial charge in [0, 0.05) is 10.4 Å². The molecule has 0 aliphatic rings. The third-order valence-electron chi connectivity index (χ3n) is 5.39. The van der Waals surface area contributed by atoms with Gasteiger partial charge in [-0.25, -0.2) is 4.98 Å². The molecule has 4 aromatic rings. The maximum absolute atomic E-state index is 12.7. The lowest BCUT2D eigenvalue weighted by Gasteiger charge is -2.13. The van der Waals surface area contributed by atoms with E-state index in [1.807, 2.05) is 73.7 Å². The minimum atomic E-state index is -0.693. The molecule has 0 saturated carbocycles. The zero-order chi connectivity index (χ0) is 23.4. The molecule has 1 atom stereocenters. The van der Waals surface area contributed by atoms with Crippen molar-refractivity contribution in [2.75, 3.05) is 12.4 Å². The quantitative estimate of drug-likeness (QED) is 0.409. The van der Waals surface area contributed by atoms with Crippen LogP contribution in [0.25, 0.3) is 22.0 Å². The minimum Gasteiger partial charge on any atom is -0.497 e. The number of nitrogens with zero attached hydrogens (tertiary/aromatic N) is 1. The normalized spacial score (nSPS) is 11.7. The Morgan fingerprint density at radius 2 is 1.76 bits per heavy atom. The topological polar surface area (TPSA) is 80.3 Å². The number of carbonyl (C=O) groups excluding carboxylic acids is 2. The van der Waals surface area contributed by atoms with Crippen LogP contribution in [0, 0.1) is 6.92 Å². The number of benzene rings is 3. The number of fused-ring (bicyclic) bond motifs is 1. The van der Waals surface area contributed by atoms with Crippen LogP contribution in [0.4, 0.5) is 5.13 Å². The second-order valence-electron chi connectivity index (χ2n) is 7.75. The first-order chi connectivity index (χ1) is 15.9. The van der Waals surface area contributed by atoms with Crippen molar-refractivity contribution in [3.63, 3.8) is 0 Å². The van der Waals surface area contributed by atoms with E-state index in [0.29, 0.717) is 5.13 Å². The monoisotopic (exact) mass is 459 g/mol. The molecule has 0 radical (unpaired) electrons. The molecule has 1 heterocycles. The van der Waals surface area contributed by atoms with Gasteiger partial charge in [-0.3, -0.25) is 9.59 Å². The molecule has 168 valence electrons. The Kier molecular flexibility index (Phi) is 6.70. The highest BCUT2D eigenvalue weighted by molar-refractivity contribution is 7.16. The van der Waals surface area contributed by atoms with Gasteiger partial charge in [-0.15, -0.1) is 11.3 Å². The first-order valence-corrected chi connectivity index (χ1v) is 11.4. The smallest absolute Gasteiger partial charge is 0.248 e. The Labute approximate surface area is 196 Å². The van der Waals surface area contributed by atoms with Crippen LogP contribution in [-0.2, 0) is 16.0 Å². The number of hydrogen-bond donors (Lipinski definition) is 2. The van der Waals surface area contributed by atoms with Crippen LogP contribution < -0.4 is 15.4 Å². The van der Waals surface area contributed by atoms with Crippen molar-refractivity contribution >= 4 is 39.1 Å². The average Bonchev–Trinajstić information content (AvgIpc) is 3.19. The minimum absolute atomic E-state index is 0.205. The Morgan fingerprint density at radius 3 is 2.52 bits per heavy atom. The zero-order valence-corrected chi connectivity index (χ0v) is 19.5. The van der Waals surface area contributed by atoms with Crippen LogP contribution in [0.1, 0.15) is 17.4 Å². The summed E-state index contributed by atoms with van der Waals surface area (Å²) >= 11 is 1.40. The van der Waals surface area contributed by atoms with E-state index in [1.54, 1.807) is 14.0 Å². The van der Waals surface area contributed by atoms with Crippen molar-refractivity contribution in [2.45, 2.75) is 26.3 Å². The van der Waals surface area contributed by atoms with Gasteiger partial charge in [0.1, 0.15) is 11.8 Å². The molecule has 1 unspecified atom stereocenters. The van der Waals surface area contributed by atoms with Gasteiger partial charge in [0.05, 0.1) is 19.2 Å². The molecule has 0 aliphatic heterocycles. The van der Waals surface area contributed by atoms with E-state index >= 15 is 0 Å². The number of aryl methyl sites for hydroxylation is 1. The lowest BCUT2D eigenvalue weighted by molar-refractivity contribution is -0.125. The number of methoxy groups -OCH3 is 1. The highest BCUT2D eigenvalue weighted by Crippen LogP contribution is 2.31. The Balaban J connectivity index is 1.39. The van der Waals surface area contributed by atoms with E-state index in [9.17, 15) is 9.59 Å². The number of carbonyl (C=O) groups is 2. The van der Waals surface area contributed by atoms with Gasteiger partial charge >= 0.3 is 0 Å². The zero-order valence-electron chi connectivity index (χ0n) is 18.7. The molecule has 6 nitrogen and oxygen atoms in total. The molecule has 2 amide bonds. The van der Waals surface area contributed by atoms with E-state index < -0.39 is 6.04 Å². The highest BCUT2D eigenvalue weighted by atomic mass is 32.1. The molecule has 0 saturated heterocycles. The summed E-state index contributed by atoms with van der Waals surface area (Å²) in [5, 5.41) is 8.23. The Morgan fingerprint density at radius 1 is 1.03 bits per heavy atom. The Hall–Kier alpha value is -3.71. The van der Waals surface area contributed by atoms with Crippen LogP contribution in [0.15, 0.2) is 66.7 Å². The maximum atomic E-state index is 12.7. The number of ether oxygens (including phenoxy) is 1. The van der Waals surface area contributed by atoms with Gasteiger partial charge in [-0.1, -0.05) is 42.5 Å². The highest BCUT2D eigenvalue weighted by Gasteiger charge is 2.19. The SMILES string of the molecule is COc1ccc(-c2nc(NC(=O)C(C)NC(=O)Cc3cccc4ccccc34)sc2C)cc1. The van der Waals surface area contributed by atoms with Crippen molar-refractivity contribution in [3.8, 4) is 17.0 Å². The molecule has 0 aliphatic carbocycles. The number of thiazole rings is 1. The molecule has 3 aromatic carbocycles. The first-order valence-electron chi connectivity index (χ1n) is 10.6. The molecule has 33 heavy (non-hydrogen) atoms. The number of nitrogens with one attached hydrogen (secondary N) is 2. The van der Waals surface area contributed by atoms with E-state index in [2.05, 4.69) is 15.6 Å². The summed E-state index contributed by atoms with van der Waals surface area (Å²) < 4.78 is 5.20. The largest absolute Gasteiger partial charge is 0.497 e. The average molecular weight is 460 g/mol. The van der Waals surface area contributed by atoms with Crippen molar-refractivity contribution in [1.82, 2.24) is 10.3 Å². The molecule has 0 spiro atoms. The third-order valence-corrected chi connectivity index (χ3v) is 6.28. The number of hydrogen-bond acceptors (Lipinski definition) is 5. The van der Waals surface area contributed by atoms with Crippen LogP contribution in [0.2, 0.25) is 0 Å². The van der Waals surface area contributed by atoms with Crippen molar-refractivity contribution < 1.29 is 14.3 Å². The molecular weight excluding hydrogens is 434 g/mol. The van der Waals surface area contributed by atoms with Crippen LogP contribution in [0.3, 0.4) is 0 Å². The van der Waals surface area contributed by atoms with Crippen LogP contribution >= 0.6 is 11.3 Å². The Bertz CT molecular complexity index is 1290. The van der Waals surface area contributed by atoms with E-state index in [1.165, 1.54) is 11.3 Å². The molecular formula is C26H25N3O3S. The standard InChI is InChI=1S/C26H25N3O3S/c1-16(27-23(30)15-20-9-6-8-18-7-4-5-10-22(18)20)25(31)29-26-28-24(17(2)33-26)19-11-13-21(32-3)14-12-19/h4-14,16H,15H2,1-3H3,(H,27,30)(H,28,29,31). The molecule has 1 aromatic heterocycles. The van der Waals surface area contributed by atoms with Crippen LogP contribution in [0.5, 0.6) is 5.75 Å². The van der Waals surface area contributed by atoms with Crippen molar-refractivity contribution in [2.24, 2.45) is 0 Å². The van der Waals surface area contributed by atoms with E-state index in [4.69, 9.17) is 4.74 Å². The molecule has 4 rings (SSSR count). The van der Waals surface area contributed by atoms with Crippen molar-refractivity contribution in [3.05, 3.63) is 77.2 Å². The summed E-state index contributed by atoms with van der Waals surface area (Å²) in [5.41, 5.74) is 2.69. The fourth-order valence-electron chi connectivity index (χ4n) is 3.66. The predicted molar refractivity (Wildman–Crippen MR) is 133 cm³/mol. The lowest BCUT2D eigenvalue weighted by Crippen LogP contribution is -2.42. The number of rotatable bonds is 7. The van der Waals surface area contributed by atoms with Gasteiger partial charge in [0.15, 0.2) is 5.13 Å². The van der Waals surface area contributed by atoms with Gasteiger partial charge < -0.3 is 15.4 Å². The number of amides is 2. The van der Waals surface area contributed by atoms with E-state index in [-0.39, 0.29) is 18.2 Å². The maximum Gasteiger partial charge on any atom is 0.248 e. The summed E-state index contributed by atoms with van der Waals surface area (Å²) in [6, 6.07) is 20.8. The fourth-order valence-corrected chi connectivity index (χ4v) is 4.50. The molecule has 2 N–H and O–H groups in total. The summed E-state index contributed by atoms with van der Waals surface area (Å²) in [7, 11) is 1.62. The summed E-state index contributed by atoms with van der Waals surface area (Å²) in [4.78, 5) is 30.8. The summed E-state index contributed by atoms with van der Waals surface area (Å²) in [6.45, 7) is 3.63. The summed E-state index contributed by atoms with van der Waals surface area (Å²) in [5.74, 6) is 0.257. The third kappa shape index (κ3) is 5.21. The summed E-state index contributed by atoms with van der Waals surface area (Å²) in [6.07, 6.45) is 0.205. The van der Waals surface area contributed by atoms with Gasteiger partial charge in [-0.2, -0.15) is 0 Å². The second kappa shape index (κ2) is 9.83.